The van der Waals surface area contributed by atoms with Crippen LogP contribution in [0.5, 0.6) is 11.5 Å². The van der Waals surface area contributed by atoms with Gasteiger partial charge in [0, 0.05) is 12.1 Å². The maximum Gasteiger partial charge on any atom is 0.163 e. The van der Waals surface area contributed by atoms with E-state index in [0.717, 1.165) is 17.1 Å². The Labute approximate surface area is 94.4 Å². The monoisotopic (exact) mass is 226 g/mol. The van der Waals surface area contributed by atoms with Crippen molar-refractivity contribution in [2.75, 3.05) is 14.2 Å². The van der Waals surface area contributed by atoms with Crippen molar-refractivity contribution in [3.8, 4) is 11.5 Å². The molecule has 82 valence electrons. The summed E-state index contributed by atoms with van der Waals surface area (Å²) in [5.74, 6) is 1.55. The molecule has 0 aliphatic heterocycles. The molecule has 0 aliphatic carbocycles. The minimum absolute atomic E-state index is 0.264. The van der Waals surface area contributed by atoms with E-state index in [2.05, 4.69) is 5.32 Å². The first kappa shape index (κ1) is 11.6. The Kier molecular flexibility index (Phi) is 4.17. The highest BCUT2D eigenvalue weighted by molar-refractivity contribution is 7.80. The van der Waals surface area contributed by atoms with Crippen LogP contribution in [0.1, 0.15) is 5.56 Å². The Morgan fingerprint density at radius 2 is 2.13 bits per heavy atom. The summed E-state index contributed by atoms with van der Waals surface area (Å²) in [6.45, 7) is 0.524. The van der Waals surface area contributed by atoms with Crippen molar-refractivity contribution in [2.24, 2.45) is 5.73 Å². The molecule has 0 heterocycles. The number of hydrogen-bond donors (Lipinski definition) is 2. The Morgan fingerprint density at radius 1 is 1.40 bits per heavy atom. The number of ether oxygens (including phenoxy) is 2. The summed E-state index contributed by atoms with van der Waals surface area (Å²) in [6.07, 6.45) is 0. The maximum atomic E-state index is 5.35. The average molecular weight is 226 g/mol. The van der Waals surface area contributed by atoms with Crippen LogP contribution in [0.2, 0.25) is 0 Å². The molecule has 1 rings (SSSR count). The van der Waals surface area contributed by atoms with Gasteiger partial charge < -0.3 is 20.5 Å². The molecule has 0 fully saturated rings. The Bertz CT molecular complexity index is 355. The molecule has 3 N–H and O–H groups in total. The van der Waals surface area contributed by atoms with Crippen LogP contribution in [-0.2, 0) is 6.54 Å². The minimum Gasteiger partial charge on any atom is -0.497 e. The molecule has 0 bridgehead atoms. The molecule has 0 amide bonds. The van der Waals surface area contributed by atoms with Gasteiger partial charge in [0.05, 0.1) is 14.2 Å². The lowest BCUT2D eigenvalue weighted by Gasteiger charge is -2.11. The highest BCUT2D eigenvalue weighted by Gasteiger charge is 2.04. The second-order valence-electron chi connectivity index (χ2n) is 2.90. The predicted octanol–water partition coefficient (Wildman–Crippen LogP) is 1.04. The largest absolute Gasteiger partial charge is 0.497 e. The summed E-state index contributed by atoms with van der Waals surface area (Å²) < 4.78 is 10.3. The zero-order chi connectivity index (χ0) is 11.3. The normalized spacial score (nSPS) is 9.47. The van der Waals surface area contributed by atoms with Gasteiger partial charge in [-0.3, -0.25) is 0 Å². The first-order valence-electron chi connectivity index (χ1n) is 4.41. The molecule has 15 heavy (non-hydrogen) atoms. The number of benzene rings is 1. The molecule has 4 nitrogen and oxygen atoms in total. The lowest BCUT2D eigenvalue weighted by Crippen LogP contribution is -2.28. The third-order valence-corrected chi connectivity index (χ3v) is 2.08. The molecule has 0 saturated heterocycles. The SMILES string of the molecule is COc1ccc(OC)c(CNC(N)=S)c1. The van der Waals surface area contributed by atoms with Crippen LogP contribution in [0, 0.1) is 0 Å². The van der Waals surface area contributed by atoms with Gasteiger partial charge in [-0.25, -0.2) is 0 Å². The van der Waals surface area contributed by atoms with Gasteiger partial charge in [0.2, 0.25) is 0 Å². The summed E-state index contributed by atoms with van der Waals surface area (Å²) >= 11 is 4.73. The van der Waals surface area contributed by atoms with Gasteiger partial charge in [0.15, 0.2) is 5.11 Å². The molecule has 5 heteroatoms. The van der Waals surface area contributed by atoms with Crippen molar-refractivity contribution >= 4 is 17.3 Å². The molecule has 1 aromatic carbocycles. The summed E-state index contributed by atoms with van der Waals surface area (Å²) in [4.78, 5) is 0. The standard InChI is InChI=1S/C10H14N2O2S/c1-13-8-3-4-9(14-2)7(5-8)6-12-10(11)15/h3-5H,6H2,1-2H3,(H3,11,12,15). The second-order valence-corrected chi connectivity index (χ2v) is 3.34. The van der Waals surface area contributed by atoms with Gasteiger partial charge >= 0.3 is 0 Å². The van der Waals surface area contributed by atoms with E-state index in [9.17, 15) is 0 Å². The fourth-order valence-electron chi connectivity index (χ4n) is 1.20. The van der Waals surface area contributed by atoms with Crippen LogP contribution < -0.4 is 20.5 Å². The van der Waals surface area contributed by atoms with Crippen molar-refractivity contribution in [3.05, 3.63) is 23.8 Å². The van der Waals surface area contributed by atoms with E-state index in [-0.39, 0.29) is 5.11 Å². The van der Waals surface area contributed by atoms with Gasteiger partial charge in [-0.2, -0.15) is 0 Å². The molecular formula is C10H14N2O2S. The molecule has 0 radical (unpaired) electrons. The first-order valence-corrected chi connectivity index (χ1v) is 4.82. The third-order valence-electron chi connectivity index (χ3n) is 1.94. The fourth-order valence-corrected chi connectivity index (χ4v) is 1.27. The predicted molar refractivity (Wildman–Crippen MR) is 63.2 cm³/mol. The maximum absolute atomic E-state index is 5.35. The molecule has 0 unspecified atom stereocenters. The van der Waals surface area contributed by atoms with E-state index in [1.54, 1.807) is 14.2 Å². The van der Waals surface area contributed by atoms with Crippen LogP contribution in [0.3, 0.4) is 0 Å². The molecule has 0 saturated carbocycles. The smallest absolute Gasteiger partial charge is 0.163 e. The van der Waals surface area contributed by atoms with Gasteiger partial charge in [-0.15, -0.1) is 0 Å². The van der Waals surface area contributed by atoms with Crippen LogP contribution >= 0.6 is 12.2 Å². The number of thiocarbonyl (C=S) groups is 1. The summed E-state index contributed by atoms with van der Waals surface area (Å²) in [7, 11) is 3.23. The van der Waals surface area contributed by atoms with Crippen LogP contribution in [0.4, 0.5) is 0 Å². The molecule has 0 atom stereocenters. The third kappa shape index (κ3) is 3.28. The molecule has 0 aromatic heterocycles. The Hall–Kier alpha value is -1.49. The summed E-state index contributed by atoms with van der Waals surface area (Å²) in [6, 6.07) is 5.56. The van der Waals surface area contributed by atoms with Crippen molar-refractivity contribution in [2.45, 2.75) is 6.54 Å². The zero-order valence-corrected chi connectivity index (χ0v) is 9.56. The average Bonchev–Trinajstić information content (AvgIpc) is 2.25. The number of nitrogens with one attached hydrogen (secondary N) is 1. The van der Waals surface area contributed by atoms with Crippen molar-refractivity contribution < 1.29 is 9.47 Å². The fraction of sp³-hybridized carbons (Fsp3) is 0.300. The minimum atomic E-state index is 0.264. The highest BCUT2D eigenvalue weighted by Crippen LogP contribution is 2.23. The first-order chi connectivity index (χ1) is 7.17. The van der Waals surface area contributed by atoms with Crippen molar-refractivity contribution in [1.82, 2.24) is 5.32 Å². The Balaban J connectivity index is 2.85. The van der Waals surface area contributed by atoms with E-state index in [1.807, 2.05) is 18.2 Å². The number of nitrogens with two attached hydrogens (primary N) is 1. The lowest BCUT2D eigenvalue weighted by molar-refractivity contribution is 0.398. The topological polar surface area (TPSA) is 56.5 Å². The van der Waals surface area contributed by atoms with Crippen LogP contribution in [0.15, 0.2) is 18.2 Å². The molecule has 0 aliphatic rings. The zero-order valence-electron chi connectivity index (χ0n) is 8.74. The van der Waals surface area contributed by atoms with E-state index < -0.39 is 0 Å². The summed E-state index contributed by atoms with van der Waals surface area (Å²) in [5, 5.41) is 3.13. The van der Waals surface area contributed by atoms with Gasteiger partial charge in [0.25, 0.3) is 0 Å². The van der Waals surface area contributed by atoms with Gasteiger partial charge in [-0.05, 0) is 30.4 Å². The Morgan fingerprint density at radius 3 is 2.67 bits per heavy atom. The van der Waals surface area contributed by atoms with Crippen LogP contribution in [-0.4, -0.2) is 19.3 Å². The molecular weight excluding hydrogens is 212 g/mol. The summed E-state index contributed by atoms with van der Waals surface area (Å²) in [5.41, 5.74) is 6.30. The molecule has 1 aromatic rings. The van der Waals surface area contributed by atoms with Crippen LogP contribution in [0.25, 0.3) is 0 Å². The number of rotatable bonds is 4. The van der Waals surface area contributed by atoms with E-state index in [0.29, 0.717) is 6.54 Å². The van der Waals surface area contributed by atoms with E-state index >= 15 is 0 Å². The highest BCUT2D eigenvalue weighted by atomic mass is 32.1. The molecule has 0 spiro atoms. The van der Waals surface area contributed by atoms with Crippen molar-refractivity contribution in [3.63, 3.8) is 0 Å². The second kappa shape index (κ2) is 5.41. The lowest BCUT2D eigenvalue weighted by atomic mass is 10.2. The number of hydrogen-bond acceptors (Lipinski definition) is 3. The van der Waals surface area contributed by atoms with Gasteiger partial charge in [-0.1, -0.05) is 0 Å². The van der Waals surface area contributed by atoms with Gasteiger partial charge in [0.1, 0.15) is 11.5 Å². The number of methoxy groups -OCH3 is 2. The van der Waals surface area contributed by atoms with E-state index in [1.165, 1.54) is 0 Å². The van der Waals surface area contributed by atoms with Crippen molar-refractivity contribution in [1.29, 1.82) is 0 Å². The van der Waals surface area contributed by atoms with E-state index in [4.69, 9.17) is 27.4 Å². The quantitative estimate of drug-likeness (QED) is 0.751.